The van der Waals surface area contributed by atoms with E-state index < -0.39 is 0 Å². The number of fused-ring (bicyclic) bond motifs is 1. The van der Waals surface area contributed by atoms with Crippen LogP contribution in [0.4, 0.5) is 0 Å². The molecular weight excluding hydrogens is 212 g/mol. The molecule has 0 spiro atoms. The van der Waals surface area contributed by atoms with E-state index in [9.17, 15) is 4.79 Å². The summed E-state index contributed by atoms with van der Waals surface area (Å²) in [5.41, 5.74) is 2.45. The topological polar surface area (TPSA) is 52.1 Å². The van der Waals surface area contributed by atoms with Gasteiger partial charge in [-0.15, -0.1) is 5.10 Å². The first-order valence-electron chi connectivity index (χ1n) is 4.91. The van der Waals surface area contributed by atoms with Gasteiger partial charge in [0.15, 0.2) is 5.69 Å². The molecule has 1 aliphatic rings. The van der Waals surface area contributed by atoms with Gasteiger partial charge in [0.1, 0.15) is 0 Å². The molecule has 1 aliphatic heterocycles. The number of aryl methyl sites for hydroxylation is 1. The minimum Gasteiger partial charge on any atom is -0.461 e. The van der Waals surface area contributed by atoms with Gasteiger partial charge in [-0.1, -0.05) is 0 Å². The van der Waals surface area contributed by atoms with Crippen LogP contribution in [-0.4, -0.2) is 28.5 Å². The highest BCUT2D eigenvalue weighted by Gasteiger charge is 2.16. The molecule has 0 N–H and O–H groups in total. The first-order valence-corrected chi connectivity index (χ1v) is 6.07. The Balaban J connectivity index is 2.24. The fourth-order valence-electron chi connectivity index (χ4n) is 1.45. The number of ether oxygens (including phenoxy) is 1. The monoisotopic (exact) mass is 224 g/mol. The Morgan fingerprint density at radius 3 is 3.27 bits per heavy atom. The summed E-state index contributed by atoms with van der Waals surface area (Å²) in [7, 11) is 0. The molecular formula is C10H12N2O2S. The molecule has 0 saturated carbocycles. The summed E-state index contributed by atoms with van der Waals surface area (Å²) in [6.45, 7) is 2.14. The summed E-state index contributed by atoms with van der Waals surface area (Å²) < 4.78 is 4.87. The summed E-state index contributed by atoms with van der Waals surface area (Å²) in [5, 5.41) is 7.94. The van der Waals surface area contributed by atoms with Crippen molar-refractivity contribution in [2.24, 2.45) is 0 Å². The number of aromatic nitrogens is 2. The molecule has 2 rings (SSSR count). The fraction of sp³-hybridized carbons (Fsp3) is 0.500. The lowest BCUT2D eigenvalue weighted by Gasteiger charge is -2.13. The molecule has 0 saturated heterocycles. The van der Waals surface area contributed by atoms with Crippen LogP contribution in [0, 0.1) is 0 Å². The van der Waals surface area contributed by atoms with E-state index in [1.54, 1.807) is 13.0 Å². The van der Waals surface area contributed by atoms with Gasteiger partial charge >= 0.3 is 5.97 Å². The van der Waals surface area contributed by atoms with Crippen LogP contribution in [0.25, 0.3) is 0 Å². The molecule has 0 radical (unpaired) electrons. The third-order valence-electron chi connectivity index (χ3n) is 2.19. The lowest BCUT2D eigenvalue weighted by Crippen LogP contribution is -2.13. The Bertz CT molecular complexity index is 382. The molecule has 0 bridgehead atoms. The number of carbonyl (C=O) groups excluding carboxylic acids is 1. The molecule has 0 aromatic carbocycles. The highest BCUT2D eigenvalue weighted by Crippen LogP contribution is 2.22. The van der Waals surface area contributed by atoms with Crippen molar-refractivity contribution in [3.05, 3.63) is 23.0 Å². The Morgan fingerprint density at radius 1 is 1.60 bits per heavy atom. The van der Waals surface area contributed by atoms with E-state index in [4.69, 9.17) is 4.74 Å². The van der Waals surface area contributed by atoms with Crippen molar-refractivity contribution < 1.29 is 9.53 Å². The third-order valence-corrected chi connectivity index (χ3v) is 3.19. The number of esters is 1. The first-order chi connectivity index (χ1) is 7.31. The molecule has 80 valence electrons. The molecule has 5 heteroatoms. The molecule has 1 aromatic rings. The van der Waals surface area contributed by atoms with Crippen molar-refractivity contribution in [1.29, 1.82) is 0 Å². The Labute approximate surface area is 92.4 Å². The van der Waals surface area contributed by atoms with Crippen molar-refractivity contribution in [3.63, 3.8) is 0 Å². The van der Waals surface area contributed by atoms with Crippen LogP contribution in [0.5, 0.6) is 0 Å². The minimum atomic E-state index is -0.386. The molecule has 15 heavy (non-hydrogen) atoms. The molecule has 0 unspecified atom stereocenters. The van der Waals surface area contributed by atoms with Gasteiger partial charge in [-0.2, -0.15) is 16.9 Å². The molecule has 1 aromatic heterocycles. The van der Waals surface area contributed by atoms with Crippen molar-refractivity contribution in [2.45, 2.75) is 19.1 Å². The fourth-order valence-corrected chi connectivity index (χ4v) is 2.40. The number of hydrogen-bond acceptors (Lipinski definition) is 5. The number of rotatable bonds is 2. The van der Waals surface area contributed by atoms with E-state index >= 15 is 0 Å². The second kappa shape index (κ2) is 4.61. The maximum absolute atomic E-state index is 11.4. The van der Waals surface area contributed by atoms with Crippen LogP contribution in [-0.2, 0) is 16.9 Å². The van der Waals surface area contributed by atoms with E-state index in [2.05, 4.69) is 10.2 Å². The summed E-state index contributed by atoms with van der Waals surface area (Å²) in [6, 6.07) is 1.80. The van der Waals surface area contributed by atoms with Gasteiger partial charge in [-0.25, -0.2) is 4.79 Å². The number of carbonyl (C=O) groups is 1. The Hall–Kier alpha value is -1.10. The second-order valence-electron chi connectivity index (χ2n) is 3.22. The van der Waals surface area contributed by atoms with Crippen LogP contribution in [0.1, 0.15) is 28.7 Å². The summed E-state index contributed by atoms with van der Waals surface area (Å²) in [6.07, 6.45) is 0.941. The predicted molar refractivity (Wildman–Crippen MR) is 57.9 cm³/mol. The second-order valence-corrected chi connectivity index (χ2v) is 4.33. The lowest BCUT2D eigenvalue weighted by atomic mass is 10.1. The first kappa shape index (κ1) is 10.4. The standard InChI is InChI=1S/C10H12N2O2S/c1-2-14-10(13)9-5-7-6-15-4-3-8(7)11-12-9/h5H,2-4,6H2,1H3. The predicted octanol–water partition coefficient (Wildman–Crippen LogP) is 1.44. The maximum Gasteiger partial charge on any atom is 0.358 e. The molecule has 0 amide bonds. The summed E-state index contributed by atoms with van der Waals surface area (Å²) in [5.74, 6) is 1.61. The van der Waals surface area contributed by atoms with Crippen LogP contribution >= 0.6 is 11.8 Å². The van der Waals surface area contributed by atoms with Gasteiger partial charge in [0.2, 0.25) is 0 Å². The van der Waals surface area contributed by atoms with E-state index in [0.717, 1.165) is 29.2 Å². The molecule has 0 atom stereocenters. The van der Waals surface area contributed by atoms with Gasteiger partial charge in [-0.3, -0.25) is 0 Å². The lowest BCUT2D eigenvalue weighted by molar-refractivity contribution is 0.0518. The minimum absolute atomic E-state index is 0.318. The van der Waals surface area contributed by atoms with Crippen LogP contribution < -0.4 is 0 Å². The van der Waals surface area contributed by atoms with E-state index in [0.29, 0.717) is 12.3 Å². The van der Waals surface area contributed by atoms with Crippen LogP contribution in [0.3, 0.4) is 0 Å². The van der Waals surface area contributed by atoms with Crippen LogP contribution in [0.2, 0.25) is 0 Å². The molecule has 0 fully saturated rings. The molecule has 0 aliphatic carbocycles. The average molecular weight is 224 g/mol. The number of thioether (sulfide) groups is 1. The van der Waals surface area contributed by atoms with Crippen molar-refractivity contribution in [1.82, 2.24) is 10.2 Å². The van der Waals surface area contributed by atoms with E-state index in [-0.39, 0.29) is 5.97 Å². The highest BCUT2D eigenvalue weighted by atomic mass is 32.2. The van der Waals surface area contributed by atoms with E-state index in [1.165, 1.54) is 0 Å². The SMILES string of the molecule is CCOC(=O)c1cc2c(nn1)CCSC2. The van der Waals surface area contributed by atoms with E-state index in [1.807, 2.05) is 11.8 Å². The van der Waals surface area contributed by atoms with Gasteiger partial charge < -0.3 is 4.74 Å². The molecule has 2 heterocycles. The summed E-state index contributed by atoms with van der Waals surface area (Å²) >= 11 is 1.85. The quantitative estimate of drug-likeness (QED) is 0.711. The van der Waals surface area contributed by atoms with Gasteiger partial charge in [0.05, 0.1) is 12.3 Å². The number of hydrogen-bond donors (Lipinski definition) is 0. The van der Waals surface area contributed by atoms with Crippen LogP contribution in [0.15, 0.2) is 6.07 Å². The zero-order valence-electron chi connectivity index (χ0n) is 8.52. The van der Waals surface area contributed by atoms with Crippen molar-refractivity contribution >= 4 is 17.7 Å². The molecule has 4 nitrogen and oxygen atoms in total. The normalized spacial score (nSPS) is 14.5. The smallest absolute Gasteiger partial charge is 0.358 e. The average Bonchev–Trinajstić information content (AvgIpc) is 2.29. The van der Waals surface area contributed by atoms with Gasteiger partial charge in [0.25, 0.3) is 0 Å². The Kier molecular flexibility index (Phi) is 3.20. The highest BCUT2D eigenvalue weighted by molar-refractivity contribution is 7.98. The number of nitrogens with zero attached hydrogens (tertiary/aromatic N) is 2. The van der Waals surface area contributed by atoms with Crippen molar-refractivity contribution in [3.8, 4) is 0 Å². The van der Waals surface area contributed by atoms with Crippen molar-refractivity contribution in [2.75, 3.05) is 12.4 Å². The Morgan fingerprint density at radius 2 is 2.47 bits per heavy atom. The third kappa shape index (κ3) is 2.28. The summed E-state index contributed by atoms with van der Waals surface area (Å²) in [4.78, 5) is 11.4. The van der Waals surface area contributed by atoms with Gasteiger partial charge in [0, 0.05) is 12.2 Å². The largest absolute Gasteiger partial charge is 0.461 e. The maximum atomic E-state index is 11.4. The van der Waals surface area contributed by atoms with Gasteiger partial charge in [-0.05, 0) is 24.3 Å². The zero-order chi connectivity index (χ0) is 10.7. The zero-order valence-corrected chi connectivity index (χ0v) is 9.34.